The quantitative estimate of drug-likeness (QED) is 0.640. The zero-order valence-corrected chi connectivity index (χ0v) is 5.86. The first-order chi connectivity index (χ1) is 4.93. The molecule has 10 heavy (non-hydrogen) atoms. The van der Waals surface area contributed by atoms with Gasteiger partial charge in [0.25, 0.3) is 0 Å². The Morgan fingerprint density at radius 2 is 2.60 bits per heavy atom. The van der Waals surface area contributed by atoms with Gasteiger partial charge in [-0.25, -0.2) is 9.67 Å². The summed E-state index contributed by atoms with van der Waals surface area (Å²) < 4.78 is 1.74. The summed E-state index contributed by atoms with van der Waals surface area (Å²) in [4.78, 5) is 3.80. The highest BCUT2D eigenvalue weighted by atomic mass is 15.3. The predicted molar refractivity (Wildman–Crippen MR) is 38.2 cm³/mol. The molecule has 54 valence electrons. The smallest absolute Gasteiger partial charge is 0.137 e. The first-order valence-corrected chi connectivity index (χ1v) is 3.08. The van der Waals surface area contributed by atoms with Gasteiger partial charge in [0, 0.05) is 7.05 Å². The van der Waals surface area contributed by atoms with Gasteiger partial charge in [-0.3, -0.25) is 0 Å². The second-order valence-corrected chi connectivity index (χ2v) is 1.81. The molecule has 0 aromatic carbocycles. The number of hydrogen-bond donors (Lipinski definition) is 1. The highest BCUT2D eigenvalue weighted by Crippen LogP contribution is 1.79. The van der Waals surface area contributed by atoms with Gasteiger partial charge in [-0.2, -0.15) is 5.10 Å². The molecule has 0 aliphatic carbocycles. The molecule has 0 bridgehead atoms. The lowest BCUT2D eigenvalue weighted by molar-refractivity contribution is 0.697. The third-order valence-electron chi connectivity index (χ3n) is 1.04. The van der Waals surface area contributed by atoms with Gasteiger partial charge in [-0.15, -0.1) is 0 Å². The van der Waals surface area contributed by atoms with Crippen molar-refractivity contribution in [1.29, 1.82) is 0 Å². The molecule has 0 unspecified atom stereocenters. The molecule has 0 atom stereocenters. The Morgan fingerprint density at radius 3 is 3.20 bits per heavy atom. The van der Waals surface area contributed by atoms with E-state index in [0.29, 0.717) is 0 Å². The fraction of sp³-hybridized carbons (Fsp3) is 0.333. The van der Waals surface area contributed by atoms with Crippen molar-refractivity contribution in [3.63, 3.8) is 0 Å². The minimum Gasteiger partial charge on any atom is -0.394 e. The van der Waals surface area contributed by atoms with Crippen LogP contribution in [0.3, 0.4) is 0 Å². The van der Waals surface area contributed by atoms with Crippen LogP contribution >= 0.6 is 0 Å². The largest absolute Gasteiger partial charge is 0.394 e. The fourth-order valence-electron chi connectivity index (χ4n) is 0.606. The molecule has 4 nitrogen and oxygen atoms in total. The van der Waals surface area contributed by atoms with Crippen molar-refractivity contribution in [3.05, 3.63) is 24.9 Å². The summed E-state index contributed by atoms with van der Waals surface area (Å²) in [6.45, 7) is 0.765. The van der Waals surface area contributed by atoms with Crippen LogP contribution in [-0.4, -0.2) is 21.8 Å². The van der Waals surface area contributed by atoms with Crippen molar-refractivity contribution in [2.75, 3.05) is 7.05 Å². The van der Waals surface area contributed by atoms with Gasteiger partial charge >= 0.3 is 0 Å². The lowest BCUT2D eigenvalue weighted by Crippen LogP contribution is -1.97. The molecule has 1 rings (SSSR count). The topological polar surface area (TPSA) is 42.7 Å². The SMILES string of the molecule is CNC=CCn1cncn1. The van der Waals surface area contributed by atoms with Crippen molar-refractivity contribution in [2.45, 2.75) is 6.54 Å². The third-order valence-corrected chi connectivity index (χ3v) is 1.04. The van der Waals surface area contributed by atoms with Crippen molar-refractivity contribution in [2.24, 2.45) is 0 Å². The number of nitrogens with zero attached hydrogens (tertiary/aromatic N) is 3. The zero-order valence-electron chi connectivity index (χ0n) is 5.86. The van der Waals surface area contributed by atoms with Crippen LogP contribution in [0.5, 0.6) is 0 Å². The van der Waals surface area contributed by atoms with Gasteiger partial charge < -0.3 is 5.32 Å². The van der Waals surface area contributed by atoms with Crippen LogP contribution in [0.2, 0.25) is 0 Å². The van der Waals surface area contributed by atoms with Crippen LogP contribution < -0.4 is 5.32 Å². The van der Waals surface area contributed by atoms with Gasteiger partial charge in [-0.05, 0) is 12.3 Å². The summed E-state index contributed by atoms with van der Waals surface area (Å²) in [5, 5.41) is 6.80. The number of aromatic nitrogens is 3. The molecule has 0 amide bonds. The first kappa shape index (κ1) is 6.80. The molecule has 0 radical (unpaired) electrons. The monoisotopic (exact) mass is 138 g/mol. The Kier molecular flexibility index (Phi) is 2.49. The van der Waals surface area contributed by atoms with E-state index < -0.39 is 0 Å². The van der Waals surface area contributed by atoms with E-state index >= 15 is 0 Å². The van der Waals surface area contributed by atoms with Gasteiger partial charge in [0.15, 0.2) is 0 Å². The van der Waals surface area contributed by atoms with E-state index in [4.69, 9.17) is 0 Å². The lowest BCUT2D eigenvalue weighted by Gasteiger charge is -1.90. The van der Waals surface area contributed by atoms with Gasteiger partial charge in [-0.1, -0.05) is 0 Å². The molecule has 1 heterocycles. The van der Waals surface area contributed by atoms with Crippen molar-refractivity contribution in [1.82, 2.24) is 20.1 Å². The van der Waals surface area contributed by atoms with Crippen LogP contribution in [0.1, 0.15) is 0 Å². The first-order valence-electron chi connectivity index (χ1n) is 3.08. The molecule has 0 aliphatic heterocycles. The van der Waals surface area contributed by atoms with E-state index in [-0.39, 0.29) is 0 Å². The van der Waals surface area contributed by atoms with E-state index in [1.807, 2.05) is 19.3 Å². The van der Waals surface area contributed by atoms with Crippen LogP contribution in [0, 0.1) is 0 Å². The summed E-state index contributed by atoms with van der Waals surface area (Å²) in [7, 11) is 1.86. The molecule has 1 N–H and O–H groups in total. The van der Waals surface area contributed by atoms with Crippen LogP contribution in [-0.2, 0) is 6.54 Å². The summed E-state index contributed by atoms with van der Waals surface area (Å²) in [6.07, 6.45) is 7.03. The molecular weight excluding hydrogens is 128 g/mol. The summed E-state index contributed by atoms with van der Waals surface area (Å²) >= 11 is 0. The van der Waals surface area contributed by atoms with E-state index in [1.165, 1.54) is 6.33 Å². The second-order valence-electron chi connectivity index (χ2n) is 1.81. The second kappa shape index (κ2) is 3.66. The molecule has 1 aromatic heterocycles. The van der Waals surface area contributed by atoms with Crippen LogP contribution in [0.4, 0.5) is 0 Å². The average Bonchev–Trinajstić information content (AvgIpc) is 2.41. The molecule has 0 aliphatic rings. The number of nitrogens with one attached hydrogen (secondary N) is 1. The number of hydrogen-bond acceptors (Lipinski definition) is 3. The molecule has 0 saturated carbocycles. The predicted octanol–water partition coefficient (Wildman–Crippen LogP) is 0.0112. The van der Waals surface area contributed by atoms with Crippen molar-refractivity contribution in [3.8, 4) is 0 Å². The fourth-order valence-corrected chi connectivity index (χ4v) is 0.606. The van der Waals surface area contributed by atoms with Crippen LogP contribution in [0.15, 0.2) is 24.9 Å². The average molecular weight is 138 g/mol. The lowest BCUT2D eigenvalue weighted by atomic mass is 10.6. The maximum atomic E-state index is 3.91. The minimum atomic E-state index is 0.765. The maximum absolute atomic E-state index is 3.91. The summed E-state index contributed by atoms with van der Waals surface area (Å²) in [5.74, 6) is 0. The Balaban J connectivity index is 2.34. The van der Waals surface area contributed by atoms with Gasteiger partial charge in [0.05, 0.1) is 6.54 Å². The minimum absolute atomic E-state index is 0.765. The van der Waals surface area contributed by atoms with Crippen molar-refractivity contribution >= 4 is 0 Å². The molecule has 0 saturated heterocycles. The molecular formula is C6H10N4. The third kappa shape index (κ3) is 1.89. The highest BCUT2D eigenvalue weighted by molar-refractivity contribution is 4.78. The molecule has 0 spiro atoms. The van der Waals surface area contributed by atoms with E-state index in [9.17, 15) is 0 Å². The van der Waals surface area contributed by atoms with Gasteiger partial charge in [0.2, 0.25) is 0 Å². The van der Waals surface area contributed by atoms with Gasteiger partial charge in [0.1, 0.15) is 12.7 Å². The Bertz CT molecular complexity index is 190. The molecule has 4 heteroatoms. The van der Waals surface area contributed by atoms with Crippen molar-refractivity contribution < 1.29 is 0 Å². The van der Waals surface area contributed by atoms with E-state index in [1.54, 1.807) is 11.0 Å². The molecule has 1 aromatic rings. The number of rotatable bonds is 3. The Labute approximate surface area is 59.6 Å². The standard InChI is InChI=1S/C6H10N4/c1-7-3-2-4-10-6-8-5-9-10/h2-3,5-7H,4H2,1H3. The highest BCUT2D eigenvalue weighted by Gasteiger charge is 1.82. The summed E-state index contributed by atoms with van der Waals surface area (Å²) in [6, 6.07) is 0. The number of allylic oxidation sites excluding steroid dienone is 1. The summed E-state index contributed by atoms with van der Waals surface area (Å²) in [5.41, 5.74) is 0. The van der Waals surface area contributed by atoms with E-state index in [2.05, 4.69) is 15.4 Å². The molecule has 0 fully saturated rings. The zero-order chi connectivity index (χ0) is 7.23. The Hall–Kier alpha value is -1.32. The normalized spacial score (nSPS) is 10.5. The Morgan fingerprint density at radius 1 is 1.70 bits per heavy atom. The maximum Gasteiger partial charge on any atom is 0.137 e. The van der Waals surface area contributed by atoms with E-state index in [0.717, 1.165) is 6.54 Å². The van der Waals surface area contributed by atoms with Crippen LogP contribution in [0.25, 0.3) is 0 Å².